The summed E-state index contributed by atoms with van der Waals surface area (Å²) in [6.07, 6.45) is -0.204. The summed E-state index contributed by atoms with van der Waals surface area (Å²) in [6.45, 7) is -0.408. The third-order valence-corrected chi connectivity index (χ3v) is 3.32. The van der Waals surface area contributed by atoms with Gasteiger partial charge in [0.2, 0.25) is 0 Å². The van der Waals surface area contributed by atoms with Crippen LogP contribution >= 0.6 is 12.2 Å². The number of thiocarbonyl (C=S) groups is 1. The number of ether oxygens (including phenoxy) is 1. The Balaban J connectivity index is 2.13. The Hall–Kier alpha value is -1.04. The van der Waals surface area contributed by atoms with E-state index in [1.807, 2.05) is 0 Å². The Bertz CT molecular complexity index is 436. The van der Waals surface area contributed by atoms with Crippen molar-refractivity contribution in [2.45, 2.75) is 25.0 Å². The van der Waals surface area contributed by atoms with Gasteiger partial charge in [0.25, 0.3) is 0 Å². The van der Waals surface area contributed by atoms with Crippen LogP contribution in [0, 0.1) is 5.82 Å². The number of aliphatic hydroxyl groups is 2. The Morgan fingerprint density at radius 3 is 3.06 bits per heavy atom. The maximum atomic E-state index is 13.0. The fourth-order valence-electron chi connectivity index (χ4n) is 1.86. The van der Waals surface area contributed by atoms with Crippen molar-refractivity contribution in [3.63, 3.8) is 0 Å². The van der Waals surface area contributed by atoms with E-state index in [0.29, 0.717) is 23.5 Å². The van der Waals surface area contributed by atoms with Gasteiger partial charge in [-0.2, -0.15) is 0 Å². The summed E-state index contributed by atoms with van der Waals surface area (Å²) >= 11 is 5.04. The molecule has 0 bridgehead atoms. The van der Waals surface area contributed by atoms with E-state index in [2.05, 4.69) is 0 Å². The number of hydrogen-bond acceptors (Lipinski definition) is 4. The SMILES string of the molecule is OC[C@H](O)C(=S)[C@@H]1CCc2cc(F)ccc2O1. The van der Waals surface area contributed by atoms with Crippen LogP contribution < -0.4 is 4.74 Å². The smallest absolute Gasteiger partial charge is 0.133 e. The topological polar surface area (TPSA) is 49.7 Å². The van der Waals surface area contributed by atoms with Crippen LogP contribution in [0.1, 0.15) is 12.0 Å². The molecule has 0 spiro atoms. The average molecular weight is 256 g/mol. The van der Waals surface area contributed by atoms with E-state index in [0.717, 1.165) is 5.56 Å². The molecule has 3 nitrogen and oxygen atoms in total. The summed E-state index contributed by atoms with van der Waals surface area (Å²) in [4.78, 5) is 0.294. The zero-order chi connectivity index (χ0) is 12.4. The molecule has 92 valence electrons. The number of aryl methyl sites for hydroxylation is 1. The lowest BCUT2D eigenvalue weighted by atomic mass is 9.98. The first-order valence-electron chi connectivity index (χ1n) is 5.39. The Labute approximate surface area is 104 Å². The lowest BCUT2D eigenvalue weighted by Gasteiger charge is -2.28. The van der Waals surface area contributed by atoms with Gasteiger partial charge in [-0.15, -0.1) is 0 Å². The molecule has 0 fully saturated rings. The number of aliphatic hydroxyl groups excluding tert-OH is 2. The predicted molar refractivity (Wildman–Crippen MR) is 64.8 cm³/mol. The lowest BCUT2D eigenvalue weighted by Crippen LogP contribution is -2.38. The third-order valence-electron chi connectivity index (χ3n) is 2.79. The standard InChI is InChI=1S/C12H13FO3S/c13-8-2-4-10-7(5-8)1-3-11(16-10)12(17)9(15)6-14/h2,4-5,9,11,14-15H,1,3,6H2/t9-,11-/m0/s1. The molecule has 2 rings (SSSR count). The minimum Gasteiger partial charge on any atom is -0.485 e. The summed E-state index contributed by atoms with van der Waals surface area (Å²) in [5.74, 6) is 0.305. The van der Waals surface area contributed by atoms with Crippen molar-refractivity contribution in [1.29, 1.82) is 0 Å². The summed E-state index contributed by atoms with van der Waals surface area (Å²) < 4.78 is 18.6. The molecule has 17 heavy (non-hydrogen) atoms. The van der Waals surface area contributed by atoms with Gasteiger partial charge in [-0.25, -0.2) is 4.39 Å². The minimum atomic E-state index is -1.04. The van der Waals surface area contributed by atoms with Crippen LogP contribution in [-0.4, -0.2) is 33.9 Å². The number of hydrogen-bond donors (Lipinski definition) is 2. The maximum Gasteiger partial charge on any atom is 0.133 e. The van der Waals surface area contributed by atoms with Crippen molar-refractivity contribution >= 4 is 17.1 Å². The molecular weight excluding hydrogens is 243 g/mol. The Morgan fingerprint density at radius 2 is 2.35 bits per heavy atom. The van der Waals surface area contributed by atoms with Crippen LogP contribution in [-0.2, 0) is 6.42 Å². The number of rotatable bonds is 3. The summed E-state index contributed by atoms with van der Waals surface area (Å²) in [6, 6.07) is 4.33. The van der Waals surface area contributed by atoms with Crippen molar-refractivity contribution < 1.29 is 19.3 Å². The molecule has 2 N–H and O–H groups in total. The minimum absolute atomic E-state index is 0.288. The van der Waals surface area contributed by atoms with Gasteiger partial charge in [-0.05, 0) is 36.6 Å². The highest BCUT2D eigenvalue weighted by molar-refractivity contribution is 7.80. The first-order chi connectivity index (χ1) is 8.11. The lowest BCUT2D eigenvalue weighted by molar-refractivity contribution is 0.132. The molecule has 1 aliphatic rings. The molecule has 1 heterocycles. The first-order valence-corrected chi connectivity index (χ1v) is 5.80. The van der Waals surface area contributed by atoms with Gasteiger partial charge in [0.05, 0.1) is 11.5 Å². The molecule has 1 aromatic rings. The number of benzene rings is 1. The van der Waals surface area contributed by atoms with Crippen molar-refractivity contribution in [1.82, 2.24) is 0 Å². The fraction of sp³-hybridized carbons (Fsp3) is 0.417. The van der Waals surface area contributed by atoms with Gasteiger partial charge in [0, 0.05) is 0 Å². The van der Waals surface area contributed by atoms with E-state index < -0.39 is 18.8 Å². The van der Waals surface area contributed by atoms with Gasteiger partial charge in [-0.1, -0.05) is 12.2 Å². The van der Waals surface area contributed by atoms with Crippen LogP contribution in [0.2, 0.25) is 0 Å². The zero-order valence-electron chi connectivity index (χ0n) is 9.10. The molecular formula is C12H13FO3S. The van der Waals surface area contributed by atoms with E-state index in [-0.39, 0.29) is 5.82 Å². The van der Waals surface area contributed by atoms with Crippen molar-refractivity contribution in [2.24, 2.45) is 0 Å². The molecule has 1 aliphatic heterocycles. The van der Waals surface area contributed by atoms with Crippen LogP contribution in [0.5, 0.6) is 5.75 Å². The molecule has 0 unspecified atom stereocenters. The van der Waals surface area contributed by atoms with E-state index in [1.54, 1.807) is 6.07 Å². The summed E-state index contributed by atoms with van der Waals surface area (Å²) in [5, 5.41) is 18.3. The largest absolute Gasteiger partial charge is 0.485 e. The van der Waals surface area contributed by atoms with Crippen LogP contribution in [0.25, 0.3) is 0 Å². The zero-order valence-corrected chi connectivity index (χ0v) is 9.91. The predicted octanol–water partition coefficient (Wildman–Crippen LogP) is 1.24. The second-order valence-electron chi connectivity index (χ2n) is 4.00. The maximum absolute atomic E-state index is 13.0. The highest BCUT2D eigenvalue weighted by Gasteiger charge is 2.27. The normalized spacial score (nSPS) is 20.3. The fourth-order valence-corrected chi connectivity index (χ4v) is 2.10. The van der Waals surface area contributed by atoms with Crippen molar-refractivity contribution in [3.8, 4) is 5.75 Å². The van der Waals surface area contributed by atoms with Gasteiger partial charge in [0.15, 0.2) is 0 Å². The second-order valence-corrected chi connectivity index (χ2v) is 4.47. The Kier molecular flexibility index (Phi) is 3.71. The summed E-state index contributed by atoms with van der Waals surface area (Å²) in [7, 11) is 0. The first kappa shape index (κ1) is 12.4. The monoisotopic (exact) mass is 256 g/mol. The number of fused-ring (bicyclic) bond motifs is 1. The van der Waals surface area contributed by atoms with E-state index in [4.69, 9.17) is 22.1 Å². The molecule has 5 heteroatoms. The molecule has 0 aromatic heterocycles. The van der Waals surface area contributed by atoms with E-state index >= 15 is 0 Å². The molecule has 0 radical (unpaired) electrons. The van der Waals surface area contributed by atoms with Crippen molar-refractivity contribution in [3.05, 3.63) is 29.6 Å². The van der Waals surface area contributed by atoms with Crippen LogP contribution in [0.4, 0.5) is 4.39 Å². The average Bonchev–Trinajstić information content (AvgIpc) is 2.36. The van der Waals surface area contributed by atoms with Crippen LogP contribution in [0.3, 0.4) is 0 Å². The molecule has 1 aromatic carbocycles. The van der Waals surface area contributed by atoms with Crippen molar-refractivity contribution in [2.75, 3.05) is 6.61 Å². The van der Waals surface area contributed by atoms with E-state index in [1.165, 1.54) is 12.1 Å². The molecule has 0 saturated carbocycles. The molecule has 0 saturated heterocycles. The summed E-state index contributed by atoms with van der Waals surface area (Å²) in [5.41, 5.74) is 0.808. The van der Waals surface area contributed by atoms with Gasteiger partial charge in [-0.3, -0.25) is 0 Å². The van der Waals surface area contributed by atoms with Crippen LogP contribution in [0.15, 0.2) is 18.2 Å². The molecule has 0 aliphatic carbocycles. The molecule has 0 amide bonds. The quantitative estimate of drug-likeness (QED) is 0.799. The highest BCUT2D eigenvalue weighted by atomic mass is 32.1. The number of halogens is 1. The second kappa shape index (κ2) is 5.08. The van der Waals surface area contributed by atoms with E-state index in [9.17, 15) is 9.50 Å². The third kappa shape index (κ3) is 2.62. The van der Waals surface area contributed by atoms with Gasteiger partial charge < -0.3 is 14.9 Å². The van der Waals surface area contributed by atoms with Gasteiger partial charge in [0.1, 0.15) is 23.8 Å². The Morgan fingerprint density at radius 1 is 1.59 bits per heavy atom. The van der Waals surface area contributed by atoms with Gasteiger partial charge >= 0.3 is 0 Å². The molecule has 2 atom stereocenters. The highest BCUT2D eigenvalue weighted by Crippen LogP contribution is 2.29.